The Balaban J connectivity index is 3.84. The van der Waals surface area contributed by atoms with E-state index in [2.05, 4.69) is 4.72 Å². The highest BCUT2D eigenvalue weighted by molar-refractivity contribution is 7.90. The van der Waals surface area contributed by atoms with Crippen molar-refractivity contribution in [3.8, 4) is 0 Å². The minimum absolute atomic E-state index is 0.299. The van der Waals surface area contributed by atoms with Crippen LogP contribution in [0.25, 0.3) is 0 Å². The molecule has 0 aliphatic carbocycles. The van der Waals surface area contributed by atoms with E-state index in [1.165, 1.54) is 0 Å². The van der Waals surface area contributed by atoms with Crippen LogP contribution >= 0.6 is 0 Å². The second-order valence-corrected chi connectivity index (χ2v) is 5.04. The molecule has 13 heavy (non-hydrogen) atoms. The van der Waals surface area contributed by atoms with Gasteiger partial charge in [-0.3, -0.25) is 4.79 Å². The molecule has 0 aromatic heterocycles. The molecule has 0 amide bonds. The molecule has 5 nitrogen and oxygen atoms in total. The first-order valence-corrected chi connectivity index (χ1v) is 5.68. The molecule has 0 rings (SSSR count). The Labute approximate surface area is 78.2 Å². The van der Waals surface area contributed by atoms with Gasteiger partial charge in [0, 0.05) is 6.54 Å². The van der Waals surface area contributed by atoms with E-state index in [0.29, 0.717) is 18.9 Å². The van der Waals surface area contributed by atoms with Gasteiger partial charge in [0.2, 0.25) is 10.0 Å². The minimum Gasteiger partial charge on any atom is -0.480 e. The summed E-state index contributed by atoms with van der Waals surface area (Å²) in [6.45, 7) is 4.23. The Morgan fingerprint density at radius 3 is 2.38 bits per heavy atom. The Hall–Kier alpha value is -0.620. The van der Waals surface area contributed by atoms with Gasteiger partial charge in [-0.1, -0.05) is 13.8 Å². The normalized spacial score (nSPS) is 11.9. The molecule has 0 radical (unpaired) electrons. The summed E-state index contributed by atoms with van der Waals surface area (Å²) in [5.41, 5.74) is 0. The molecule has 0 spiro atoms. The van der Waals surface area contributed by atoms with Crippen LogP contribution in [0.5, 0.6) is 0 Å². The highest BCUT2D eigenvalue weighted by atomic mass is 32.2. The summed E-state index contributed by atoms with van der Waals surface area (Å²) in [5, 5.41) is 8.24. The van der Waals surface area contributed by atoms with Gasteiger partial charge in [-0.15, -0.1) is 0 Å². The van der Waals surface area contributed by atoms with Crippen molar-refractivity contribution in [3.05, 3.63) is 0 Å². The third-order valence-corrected chi connectivity index (χ3v) is 2.63. The first-order valence-electron chi connectivity index (χ1n) is 4.02. The monoisotopic (exact) mass is 209 g/mol. The van der Waals surface area contributed by atoms with Gasteiger partial charge < -0.3 is 5.11 Å². The molecule has 0 fully saturated rings. The number of hydrogen-bond donors (Lipinski definition) is 2. The standard InChI is InChI=1S/C7H15NO4S/c1-6(2)3-4-8-13(11,12)5-7(9)10/h6,8H,3-5H2,1-2H3,(H,9,10). The van der Waals surface area contributed by atoms with Crippen LogP contribution in [0, 0.1) is 5.92 Å². The fraction of sp³-hybridized carbons (Fsp3) is 0.857. The molecule has 0 atom stereocenters. The van der Waals surface area contributed by atoms with Crippen LogP contribution in [0.3, 0.4) is 0 Å². The number of carbonyl (C=O) groups is 1. The van der Waals surface area contributed by atoms with Crippen molar-refractivity contribution in [2.75, 3.05) is 12.3 Å². The third kappa shape index (κ3) is 7.73. The Bertz CT molecular complexity index is 258. The van der Waals surface area contributed by atoms with Crippen molar-refractivity contribution in [3.63, 3.8) is 0 Å². The fourth-order valence-corrected chi connectivity index (χ4v) is 1.57. The number of nitrogens with one attached hydrogen (secondary N) is 1. The lowest BCUT2D eigenvalue weighted by Gasteiger charge is -2.05. The molecular formula is C7H15NO4S. The van der Waals surface area contributed by atoms with Crippen molar-refractivity contribution in [2.45, 2.75) is 20.3 Å². The quantitative estimate of drug-likeness (QED) is 0.646. The molecule has 0 aliphatic heterocycles. The first-order chi connectivity index (χ1) is 5.83. The Morgan fingerprint density at radius 1 is 1.46 bits per heavy atom. The molecule has 2 N–H and O–H groups in total. The van der Waals surface area contributed by atoms with E-state index < -0.39 is 21.7 Å². The van der Waals surface area contributed by atoms with E-state index in [1.807, 2.05) is 13.8 Å². The maximum Gasteiger partial charge on any atom is 0.320 e. The van der Waals surface area contributed by atoms with Crippen LogP contribution in [0.4, 0.5) is 0 Å². The lowest BCUT2D eigenvalue weighted by Crippen LogP contribution is -2.31. The number of carboxylic acids is 1. The molecule has 78 valence electrons. The average molecular weight is 209 g/mol. The fourth-order valence-electron chi connectivity index (χ4n) is 0.717. The van der Waals surface area contributed by atoms with E-state index in [4.69, 9.17) is 5.11 Å². The van der Waals surface area contributed by atoms with Gasteiger partial charge in [-0.2, -0.15) is 0 Å². The number of aliphatic carboxylic acids is 1. The lowest BCUT2D eigenvalue weighted by molar-refractivity contribution is -0.134. The molecule has 0 unspecified atom stereocenters. The molecule has 0 saturated carbocycles. The zero-order valence-corrected chi connectivity index (χ0v) is 8.60. The molecule has 0 bridgehead atoms. The maximum atomic E-state index is 10.9. The minimum atomic E-state index is -3.63. The second-order valence-electron chi connectivity index (χ2n) is 3.23. The van der Waals surface area contributed by atoms with Crippen LogP contribution < -0.4 is 4.72 Å². The number of rotatable bonds is 6. The molecule has 0 saturated heterocycles. The summed E-state index contributed by atoms with van der Waals surface area (Å²) in [4.78, 5) is 10.1. The molecule has 0 aliphatic rings. The predicted octanol–water partition coefficient (Wildman–Crippen LogP) is 0.0365. The van der Waals surface area contributed by atoms with Crippen molar-refractivity contribution < 1.29 is 18.3 Å². The summed E-state index contributed by atoms with van der Waals surface area (Å²) < 4.78 is 24.1. The highest BCUT2D eigenvalue weighted by Gasteiger charge is 2.14. The average Bonchev–Trinajstić information content (AvgIpc) is 1.81. The zero-order valence-electron chi connectivity index (χ0n) is 7.78. The van der Waals surface area contributed by atoms with E-state index in [-0.39, 0.29) is 0 Å². The van der Waals surface area contributed by atoms with Gasteiger partial charge in [0.05, 0.1) is 0 Å². The van der Waals surface area contributed by atoms with E-state index in [1.54, 1.807) is 0 Å². The summed E-state index contributed by atoms with van der Waals surface area (Å²) in [7, 11) is -3.63. The van der Waals surface area contributed by atoms with Crippen molar-refractivity contribution in [1.29, 1.82) is 0 Å². The lowest BCUT2D eigenvalue weighted by atomic mass is 10.1. The van der Waals surface area contributed by atoms with E-state index in [0.717, 1.165) is 0 Å². The van der Waals surface area contributed by atoms with E-state index in [9.17, 15) is 13.2 Å². The van der Waals surface area contributed by atoms with E-state index >= 15 is 0 Å². The summed E-state index contributed by atoms with van der Waals surface area (Å²) in [6, 6.07) is 0. The van der Waals surface area contributed by atoms with Crippen LogP contribution in [-0.2, 0) is 14.8 Å². The molecule has 6 heteroatoms. The molecule has 0 aromatic carbocycles. The van der Waals surface area contributed by atoms with Crippen LogP contribution in [0.15, 0.2) is 0 Å². The van der Waals surface area contributed by atoms with Gasteiger partial charge >= 0.3 is 5.97 Å². The summed E-state index contributed by atoms with van der Waals surface area (Å²) in [5.74, 6) is -1.80. The summed E-state index contributed by atoms with van der Waals surface area (Å²) in [6.07, 6.45) is 0.707. The van der Waals surface area contributed by atoms with Gasteiger partial charge in [0.1, 0.15) is 0 Å². The van der Waals surface area contributed by atoms with Crippen molar-refractivity contribution >= 4 is 16.0 Å². The first kappa shape index (κ1) is 12.4. The number of carboxylic acid groups (broad SMARTS) is 1. The number of hydrogen-bond acceptors (Lipinski definition) is 3. The SMILES string of the molecule is CC(C)CCNS(=O)(=O)CC(=O)O. The van der Waals surface area contributed by atoms with Crippen LogP contribution in [0.2, 0.25) is 0 Å². The van der Waals surface area contributed by atoms with Gasteiger partial charge in [-0.25, -0.2) is 13.1 Å². The molecule has 0 heterocycles. The smallest absolute Gasteiger partial charge is 0.320 e. The molecule has 0 aromatic rings. The van der Waals surface area contributed by atoms with Crippen molar-refractivity contribution in [2.24, 2.45) is 5.92 Å². The predicted molar refractivity (Wildman–Crippen MR) is 48.9 cm³/mol. The largest absolute Gasteiger partial charge is 0.480 e. The maximum absolute atomic E-state index is 10.9. The zero-order chi connectivity index (χ0) is 10.5. The van der Waals surface area contributed by atoms with Gasteiger partial charge in [-0.05, 0) is 12.3 Å². The summed E-state index contributed by atoms with van der Waals surface area (Å²) >= 11 is 0. The van der Waals surface area contributed by atoms with Crippen LogP contribution in [-0.4, -0.2) is 31.8 Å². The van der Waals surface area contributed by atoms with Gasteiger partial charge in [0.25, 0.3) is 0 Å². The number of sulfonamides is 1. The van der Waals surface area contributed by atoms with Gasteiger partial charge in [0.15, 0.2) is 5.75 Å². The highest BCUT2D eigenvalue weighted by Crippen LogP contribution is 1.97. The van der Waals surface area contributed by atoms with Crippen molar-refractivity contribution in [1.82, 2.24) is 4.72 Å². The molecular weight excluding hydrogens is 194 g/mol. The second kappa shape index (κ2) is 5.18. The Kier molecular flexibility index (Phi) is 4.94. The third-order valence-electron chi connectivity index (χ3n) is 1.36. The topological polar surface area (TPSA) is 83.5 Å². The Morgan fingerprint density at radius 2 is 2.00 bits per heavy atom. The van der Waals surface area contributed by atoms with Crippen LogP contribution in [0.1, 0.15) is 20.3 Å².